The molecule has 106 valence electrons. The van der Waals surface area contributed by atoms with E-state index in [1.165, 1.54) is 12.1 Å². The maximum absolute atomic E-state index is 12.9. The monoisotopic (exact) mass is 281 g/mol. The molecule has 3 rings (SSSR count). The molecule has 0 bridgehead atoms. The molecule has 0 spiro atoms. The van der Waals surface area contributed by atoms with Gasteiger partial charge in [0.1, 0.15) is 5.82 Å². The largest absolute Gasteiger partial charge is 0.416 e. The topological polar surface area (TPSA) is 29.9 Å². The van der Waals surface area contributed by atoms with E-state index in [2.05, 4.69) is 10.3 Å². The molecular weight excluding hydrogens is 267 g/mol. The van der Waals surface area contributed by atoms with Gasteiger partial charge < -0.3 is 9.88 Å². The number of nitrogens with zero attached hydrogens (tertiary/aromatic N) is 2. The lowest BCUT2D eigenvalue weighted by atomic mass is 10.0. The molecule has 1 N–H and O–H groups in total. The highest BCUT2D eigenvalue weighted by Crippen LogP contribution is 2.32. The first-order chi connectivity index (χ1) is 9.54. The van der Waals surface area contributed by atoms with Gasteiger partial charge in [0, 0.05) is 25.7 Å². The van der Waals surface area contributed by atoms with Crippen LogP contribution in [0, 0.1) is 0 Å². The van der Waals surface area contributed by atoms with Crippen LogP contribution >= 0.6 is 0 Å². The maximum atomic E-state index is 12.9. The van der Waals surface area contributed by atoms with Crippen molar-refractivity contribution in [2.75, 3.05) is 6.54 Å². The van der Waals surface area contributed by atoms with Gasteiger partial charge in [-0.15, -0.1) is 0 Å². The van der Waals surface area contributed by atoms with E-state index in [1.807, 2.05) is 10.8 Å². The number of nitrogens with one attached hydrogen (secondary N) is 1. The molecule has 1 aliphatic heterocycles. The van der Waals surface area contributed by atoms with Crippen LogP contribution < -0.4 is 5.32 Å². The molecule has 0 aliphatic carbocycles. The zero-order valence-corrected chi connectivity index (χ0v) is 10.7. The number of hydrogen-bond acceptors (Lipinski definition) is 2. The molecule has 6 heteroatoms. The normalized spacial score (nSPS) is 15.2. The molecule has 1 aromatic carbocycles. The van der Waals surface area contributed by atoms with Crippen LogP contribution in [0.15, 0.2) is 30.5 Å². The third kappa shape index (κ3) is 2.56. The van der Waals surface area contributed by atoms with E-state index in [0.717, 1.165) is 25.0 Å². The number of rotatable bonds is 2. The summed E-state index contributed by atoms with van der Waals surface area (Å²) in [4.78, 5) is 4.40. The highest BCUT2D eigenvalue weighted by molar-refractivity contribution is 5.32. The average molecular weight is 281 g/mol. The van der Waals surface area contributed by atoms with Gasteiger partial charge in [-0.05, 0) is 11.6 Å². The van der Waals surface area contributed by atoms with E-state index in [4.69, 9.17) is 0 Å². The Hall–Kier alpha value is -1.82. The number of benzene rings is 1. The quantitative estimate of drug-likeness (QED) is 0.917. The van der Waals surface area contributed by atoms with E-state index in [0.29, 0.717) is 12.2 Å². The molecule has 1 aromatic heterocycles. The van der Waals surface area contributed by atoms with Crippen molar-refractivity contribution in [3.63, 3.8) is 0 Å². The Kier molecular flexibility index (Phi) is 3.25. The van der Waals surface area contributed by atoms with Crippen LogP contribution in [0.5, 0.6) is 0 Å². The van der Waals surface area contributed by atoms with E-state index in [-0.39, 0.29) is 12.0 Å². The second kappa shape index (κ2) is 4.94. The number of imidazole rings is 1. The van der Waals surface area contributed by atoms with Crippen molar-refractivity contribution in [3.05, 3.63) is 53.1 Å². The SMILES string of the molecule is FC(F)(F)c1ccccc1Cc1cn2c(n1)CNCC2. The second-order valence-electron chi connectivity index (χ2n) is 4.85. The highest BCUT2D eigenvalue weighted by Gasteiger charge is 2.33. The van der Waals surface area contributed by atoms with Gasteiger partial charge in [0.15, 0.2) is 0 Å². The van der Waals surface area contributed by atoms with Crippen LogP contribution in [0.2, 0.25) is 0 Å². The Bertz CT molecular complexity index is 593. The maximum Gasteiger partial charge on any atom is 0.416 e. The average Bonchev–Trinajstić information content (AvgIpc) is 2.80. The fraction of sp³-hybridized carbons (Fsp3) is 0.357. The van der Waals surface area contributed by atoms with Gasteiger partial charge in [0.05, 0.1) is 17.8 Å². The molecule has 2 aromatic rings. The molecule has 2 heterocycles. The second-order valence-corrected chi connectivity index (χ2v) is 4.85. The van der Waals surface area contributed by atoms with Gasteiger partial charge in [-0.2, -0.15) is 13.2 Å². The summed E-state index contributed by atoms with van der Waals surface area (Å²) < 4.78 is 40.8. The molecule has 3 nitrogen and oxygen atoms in total. The van der Waals surface area contributed by atoms with Crippen LogP contribution in [0.4, 0.5) is 13.2 Å². The van der Waals surface area contributed by atoms with Crippen LogP contribution in [0.1, 0.15) is 22.6 Å². The minimum Gasteiger partial charge on any atom is -0.332 e. The van der Waals surface area contributed by atoms with Crippen molar-refractivity contribution in [2.24, 2.45) is 0 Å². The minimum absolute atomic E-state index is 0.204. The number of halogens is 3. The van der Waals surface area contributed by atoms with Crippen LogP contribution in [0.25, 0.3) is 0 Å². The van der Waals surface area contributed by atoms with Crippen molar-refractivity contribution in [2.45, 2.75) is 25.7 Å². The molecule has 0 atom stereocenters. The van der Waals surface area contributed by atoms with Gasteiger partial charge in [-0.1, -0.05) is 18.2 Å². The third-order valence-electron chi connectivity index (χ3n) is 3.42. The van der Waals surface area contributed by atoms with Gasteiger partial charge in [-0.3, -0.25) is 0 Å². The molecule has 0 saturated heterocycles. The molecule has 0 amide bonds. The van der Waals surface area contributed by atoms with Crippen LogP contribution in [0.3, 0.4) is 0 Å². The van der Waals surface area contributed by atoms with Gasteiger partial charge >= 0.3 is 6.18 Å². The molecule has 20 heavy (non-hydrogen) atoms. The Morgan fingerprint density at radius 2 is 2.05 bits per heavy atom. The summed E-state index contributed by atoms with van der Waals surface area (Å²) in [6.45, 7) is 2.34. The van der Waals surface area contributed by atoms with E-state index >= 15 is 0 Å². The number of alkyl halides is 3. The van der Waals surface area contributed by atoms with E-state index in [9.17, 15) is 13.2 Å². The van der Waals surface area contributed by atoms with Crippen molar-refractivity contribution in [3.8, 4) is 0 Å². The molecule has 0 fully saturated rings. The van der Waals surface area contributed by atoms with Crippen LogP contribution in [-0.4, -0.2) is 16.1 Å². The third-order valence-corrected chi connectivity index (χ3v) is 3.42. The molecule has 0 unspecified atom stereocenters. The lowest BCUT2D eigenvalue weighted by molar-refractivity contribution is -0.138. The van der Waals surface area contributed by atoms with Crippen molar-refractivity contribution in [1.29, 1.82) is 0 Å². The fourth-order valence-corrected chi connectivity index (χ4v) is 2.48. The first-order valence-electron chi connectivity index (χ1n) is 6.45. The van der Waals surface area contributed by atoms with Gasteiger partial charge in [0.25, 0.3) is 0 Å². The number of aromatic nitrogens is 2. The Labute approximate surface area is 114 Å². The lowest BCUT2D eigenvalue weighted by Crippen LogP contribution is -2.27. The summed E-state index contributed by atoms with van der Waals surface area (Å²) in [6, 6.07) is 5.67. The lowest BCUT2D eigenvalue weighted by Gasteiger charge is -2.13. The Balaban J connectivity index is 1.90. The van der Waals surface area contributed by atoms with Gasteiger partial charge in [0.2, 0.25) is 0 Å². The summed E-state index contributed by atoms with van der Waals surface area (Å²) in [5.74, 6) is 0.885. The zero-order valence-electron chi connectivity index (χ0n) is 10.7. The number of hydrogen-bond donors (Lipinski definition) is 1. The molecular formula is C14H14F3N3. The highest BCUT2D eigenvalue weighted by atomic mass is 19.4. The summed E-state index contributed by atoms with van der Waals surface area (Å²) in [5.41, 5.74) is 0.368. The molecule has 1 aliphatic rings. The summed E-state index contributed by atoms with van der Waals surface area (Å²) in [5, 5.41) is 3.19. The Morgan fingerprint density at radius 3 is 2.80 bits per heavy atom. The minimum atomic E-state index is -4.32. The summed E-state index contributed by atoms with van der Waals surface area (Å²) in [6.07, 6.45) is -2.27. The number of fused-ring (bicyclic) bond motifs is 1. The predicted molar refractivity (Wildman–Crippen MR) is 68.2 cm³/mol. The van der Waals surface area contributed by atoms with E-state index < -0.39 is 11.7 Å². The summed E-state index contributed by atoms with van der Waals surface area (Å²) >= 11 is 0. The summed E-state index contributed by atoms with van der Waals surface area (Å²) in [7, 11) is 0. The standard InChI is InChI=1S/C14H14F3N3/c15-14(16,17)12-4-2-1-3-10(12)7-11-9-20-6-5-18-8-13(20)19-11/h1-4,9,18H,5-8H2. The van der Waals surface area contributed by atoms with Crippen molar-refractivity contribution in [1.82, 2.24) is 14.9 Å². The molecule has 0 saturated carbocycles. The van der Waals surface area contributed by atoms with E-state index in [1.54, 1.807) is 6.07 Å². The Morgan fingerprint density at radius 1 is 1.25 bits per heavy atom. The first-order valence-corrected chi connectivity index (χ1v) is 6.45. The first kappa shape index (κ1) is 13.2. The predicted octanol–water partition coefficient (Wildman–Crippen LogP) is 2.60. The smallest absolute Gasteiger partial charge is 0.332 e. The van der Waals surface area contributed by atoms with Crippen molar-refractivity contribution >= 4 is 0 Å². The fourth-order valence-electron chi connectivity index (χ4n) is 2.48. The van der Waals surface area contributed by atoms with Gasteiger partial charge in [-0.25, -0.2) is 4.98 Å². The van der Waals surface area contributed by atoms with Crippen molar-refractivity contribution < 1.29 is 13.2 Å². The molecule has 0 radical (unpaired) electrons. The zero-order chi connectivity index (χ0) is 14.2. The van der Waals surface area contributed by atoms with Crippen LogP contribution in [-0.2, 0) is 25.7 Å².